The zero-order valence-electron chi connectivity index (χ0n) is 15.1. The topological polar surface area (TPSA) is 64.3 Å². The minimum absolute atomic E-state index is 0.152. The van der Waals surface area contributed by atoms with Crippen molar-refractivity contribution in [2.75, 3.05) is 5.32 Å². The highest BCUT2D eigenvalue weighted by molar-refractivity contribution is 5.70. The number of nitrogens with one attached hydrogen (secondary N) is 1. The van der Waals surface area contributed by atoms with Crippen molar-refractivity contribution in [2.24, 2.45) is 0 Å². The van der Waals surface area contributed by atoms with Gasteiger partial charge >= 0.3 is 0 Å². The van der Waals surface area contributed by atoms with Crippen molar-refractivity contribution >= 4 is 17.2 Å². The lowest BCUT2D eigenvalue weighted by Crippen LogP contribution is -1.96. The number of anilines is 2. The maximum Gasteiger partial charge on any atom is 0.246 e. The molecule has 7 heteroatoms. The Balaban J connectivity index is 1.59. The Morgan fingerprint density at radius 2 is 1.72 bits per heavy atom. The van der Waals surface area contributed by atoms with E-state index in [9.17, 15) is 4.39 Å². The Labute approximate surface area is 166 Å². The standard InChI is InChI=1S/C22H14FN5O/c1-24-16-7-10-19(23)18(14-16)21-22(27-13-12-26-21)29-17-8-5-15(6-9-17)28-20-4-2-3-11-25-20/h2-14H,(H,25,28). The maximum absolute atomic E-state index is 14.3. The Morgan fingerprint density at radius 1 is 0.897 bits per heavy atom. The first-order valence-corrected chi connectivity index (χ1v) is 8.67. The molecule has 0 aliphatic carbocycles. The average molecular weight is 383 g/mol. The summed E-state index contributed by atoms with van der Waals surface area (Å²) in [6.45, 7) is 7.13. The van der Waals surface area contributed by atoms with Gasteiger partial charge in [-0.15, -0.1) is 0 Å². The van der Waals surface area contributed by atoms with Gasteiger partial charge in [-0.05, 0) is 48.5 Å². The van der Waals surface area contributed by atoms with E-state index in [1.54, 1.807) is 18.3 Å². The first-order chi connectivity index (χ1) is 14.2. The molecule has 29 heavy (non-hydrogen) atoms. The quantitative estimate of drug-likeness (QED) is 0.444. The Bertz CT molecular complexity index is 1170. The molecule has 2 aromatic heterocycles. The molecule has 1 N–H and O–H groups in total. The molecular formula is C22H14FN5O. The van der Waals surface area contributed by atoms with Crippen molar-refractivity contribution in [1.29, 1.82) is 0 Å². The van der Waals surface area contributed by atoms with Gasteiger partial charge in [0.1, 0.15) is 23.1 Å². The third kappa shape index (κ3) is 4.17. The number of ether oxygens (including phenoxy) is 1. The van der Waals surface area contributed by atoms with Crippen molar-refractivity contribution in [2.45, 2.75) is 0 Å². The van der Waals surface area contributed by atoms with Gasteiger partial charge in [0.15, 0.2) is 5.69 Å². The van der Waals surface area contributed by atoms with Crippen LogP contribution in [0.25, 0.3) is 16.1 Å². The summed E-state index contributed by atoms with van der Waals surface area (Å²) in [4.78, 5) is 15.9. The summed E-state index contributed by atoms with van der Waals surface area (Å²) in [6.07, 6.45) is 4.62. The van der Waals surface area contributed by atoms with E-state index in [1.165, 1.54) is 30.6 Å². The fourth-order valence-electron chi connectivity index (χ4n) is 2.65. The molecule has 0 aliphatic heterocycles. The molecule has 0 radical (unpaired) electrons. The molecule has 0 saturated carbocycles. The van der Waals surface area contributed by atoms with Crippen molar-refractivity contribution in [3.8, 4) is 22.9 Å². The lowest BCUT2D eigenvalue weighted by molar-refractivity contribution is 0.462. The van der Waals surface area contributed by atoms with E-state index in [-0.39, 0.29) is 17.1 Å². The number of benzene rings is 2. The smallest absolute Gasteiger partial charge is 0.246 e. The van der Waals surface area contributed by atoms with Gasteiger partial charge in [0.25, 0.3) is 0 Å². The van der Waals surface area contributed by atoms with E-state index >= 15 is 0 Å². The predicted molar refractivity (Wildman–Crippen MR) is 108 cm³/mol. The molecule has 0 fully saturated rings. The first-order valence-electron chi connectivity index (χ1n) is 8.67. The van der Waals surface area contributed by atoms with Crippen LogP contribution in [0.3, 0.4) is 0 Å². The second-order valence-electron chi connectivity index (χ2n) is 5.95. The summed E-state index contributed by atoms with van der Waals surface area (Å²) in [5, 5.41) is 3.18. The van der Waals surface area contributed by atoms with E-state index in [1.807, 2.05) is 30.3 Å². The van der Waals surface area contributed by atoms with E-state index in [4.69, 9.17) is 11.3 Å². The summed E-state index contributed by atoms with van der Waals surface area (Å²) in [5.41, 5.74) is 1.54. The fourth-order valence-corrected chi connectivity index (χ4v) is 2.65. The molecule has 6 nitrogen and oxygen atoms in total. The third-order valence-electron chi connectivity index (χ3n) is 4.00. The average Bonchev–Trinajstić information content (AvgIpc) is 2.77. The van der Waals surface area contributed by atoms with E-state index in [0.717, 1.165) is 11.5 Å². The van der Waals surface area contributed by atoms with Crippen LogP contribution in [0.2, 0.25) is 0 Å². The first kappa shape index (κ1) is 18.1. The van der Waals surface area contributed by atoms with E-state index in [0.29, 0.717) is 11.4 Å². The van der Waals surface area contributed by atoms with Crippen LogP contribution in [-0.4, -0.2) is 15.0 Å². The van der Waals surface area contributed by atoms with E-state index < -0.39 is 5.82 Å². The second-order valence-corrected chi connectivity index (χ2v) is 5.95. The van der Waals surface area contributed by atoms with Gasteiger partial charge in [0.2, 0.25) is 5.88 Å². The summed E-state index contributed by atoms with van der Waals surface area (Å²) in [5.74, 6) is 0.893. The number of hydrogen-bond acceptors (Lipinski definition) is 5. The normalized spacial score (nSPS) is 10.2. The molecule has 140 valence electrons. The van der Waals surface area contributed by atoms with Gasteiger partial charge in [-0.1, -0.05) is 12.1 Å². The van der Waals surface area contributed by atoms with Crippen LogP contribution in [0.5, 0.6) is 11.6 Å². The summed E-state index contributed by atoms with van der Waals surface area (Å²) in [6, 6.07) is 16.9. The van der Waals surface area contributed by atoms with Crippen molar-refractivity contribution < 1.29 is 9.13 Å². The second kappa shape index (κ2) is 8.15. The SMILES string of the molecule is [C-]#[N+]c1ccc(F)c(-c2nccnc2Oc2ccc(Nc3ccccn3)cc2)c1. The molecule has 4 aromatic rings. The van der Waals surface area contributed by atoms with Crippen molar-refractivity contribution in [3.63, 3.8) is 0 Å². The van der Waals surface area contributed by atoms with Gasteiger partial charge in [0, 0.05) is 29.8 Å². The molecule has 0 amide bonds. The molecular weight excluding hydrogens is 369 g/mol. The minimum Gasteiger partial charge on any atom is -0.437 e. The van der Waals surface area contributed by atoms with Crippen LogP contribution < -0.4 is 10.1 Å². The molecule has 2 aromatic carbocycles. The Hall–Kier alpha value is -4.31. The molecule has 0 bridgehead atoms. The van der Waals surface area contributed by atoms with Crippen molar-refractivity contribution in [1.82, 2.24) is 15.0 Å². The van der Waals surface area contributed by atoms with Gasteiger partial charge in [-0.3, -0.25) is 0 Å². The Kier molecular flexibility index (Phi) is 5.08. The van der Waals surface area contributed by atoms with Gasteiger partial charge < -0.3 is 10.1 Å². The lowest BCUT2D eigenvalue weighted by atomic mass is 10.1. The highest BCUT2D eigenvalue weighted by atomic mass is 19.1. The maximum atomic E-state index is 14.3. The number of pyridine rings is 1. The highest BCUT2D eigenvalue weighted by Gasteiger charge is 2.15. The molecule has 0 spiro atoms. The molecule has 0 saturated heterocycles. The number of nitrogens with zero attached hydrogens (tertiary/aromatic N) is 4. The zero-order chi connectivity index (χ0) is 20.1. The van der Waals surface area contributed by atoms with Crippen LogP contribution in [-0.2, 0) is 0 Å². The number of halogens is 1. The van der Waals surface area contributed by atoms with Crippen molar-refractivity contribution in [3.05, 3.63) is 96.5 Å². The van der Waals surface area contributed by atoms with Gasteiger partial charge in [-0.25, -0.2) is 24.2 Å². The van der Waals surface area contributed by atoms with Crippen LogP contribution >= 0.6 is 0 Å². The molecule has 2 heterocycles. The van der Waals surface area contributed by atoms with Crippen LogP contribution in [0.4, 0.5) is 21.6 Å². The molecule has 0 atom stereocenters. The largest absolute Gasteiger partial charge is 0.437 e. The summed E-state index contributed by atoms with van der Waals surface area (Å²) < 4.78 is 20.2. The van der Waals surface area contributed by atoms with Gasteiger partial charge in [0.05, 0.1) is 6.57 Å². The van der Waals surface area contributed by atoms with Crippen LogP contribution in [0.15, 0.2) is 79.3 Å². The predicted octanol–water partition coefficient (Wildman–Crippen LogP) is 5.76. The number of aromatic nitrogens is 3. The Morgan fingerprint density at radius 3 is 2.48 bits per heavy atom. The molecule has 4 rings (SSSR count). The van der Waals surface area contributed by atoms with Crippen LogP contribution in [0.1, 0.15) is 0 Å². The summed E-state index contributed by atoms with van der Waals surface area (Å²) in [7, 11) is 0. The number of rotatable bonds is 5. The highest BCUT2D eigenvalue weighted by Crippen LogP contribution is 2.33. The third-order valence-corrected chi connectivity index (χ3v) is 4.00. The molecule has 0 unspecified atom stereocenters. The molecule has 0 aliphatic rings. The minimum atomic E-state index is -0.502. The monoisotopic (exact) mass is 383 g/mol. The van der Waals surface area contributed by atoms with Crippen LogP contribution in [0, 0.1) is 12.4 Å². The van der Waals surface area contributed by atoms with Gasteiger partial charge in [-0.2, -0.15) is 0 Å². The number of hydrogen-bond donors (Lipinski definition) is 1. The zero-order valence-corrected chi connectivity index (χ0v) is 15.1. The fraction of sp³-hybridized carbons (Fsp3) is 0. The van der Waals surface area contributed by atoms with E-state index in [2.05, 4.69) is 25.1 Å². The summed E-state index contributed by atoms with van der Waals surface area (Å²) >= 11 is 0. The lowest BCUT2D eigenvalue weighted by Gasteiger charge is -2.11.